The largest absolute Gasteiger partial charge is 0.439 e. The molecule has 0 saturated carbocycles. The third kappa shape index (κ3) is 4.07. The van der Waals surface area contributed by atoms with E-state index in [1.807, 2.05) is 0 Å². The topological polar surface area (TPSA) is 87.7 Å². The summed E-state index contributed by atoms with van der Waals surface area (Å²) in [6.07, 6.45) is 1.21. The van der Waals surface area contributed by atoms with Gasteiger partial charge in [-0.25, -0.2) is 9.18 Å². The Morgan fingerprint density at radius 2 is 2.08 bits per heavy atom. The fourth-order valence-electron chi connectivity index (χ4n) is 3.18. The summed E-state index contributed by atoms with van der Waals surface area (Å²) in [6, 6.07) is 5.21. The molecule has 0 bridgehead atoms. The van der Waals surface area contributed by atoms with Gasteiger partial charge in [-0.1, -0.05) is 0 Å². The molecule has 2 N–H and O–H groups in total. The second-order valence-electron chi connectivity index (χ2n) is 6.36. The van der Waals surface area contributed by atoms with Crippen LogP contribution >= 0.6 is 0 Å². The molecule has 2 aliphatic heterocycles. The van der Waals surface area contributed by atoms with Crippen molar-refractivity contribution in [1.82, 2.24) is 15.5 Å². The molecule has 2 heterocycles. The van der Waals surface area contributed by atoms with Crippen molar-refractivity contribution in [2.45, 2.75) is 24.9 Å². The van der Waals surface area contributed by atoms with Gasteiger partial charge in [0, 0.05) is 25.1 Å². The average molecular weight is 349 g/mol. The Morgan fingerprint density at radius 3 is 2.76 bits per heavy atom. The van der Waals surface area contributed by atoms with Crippen LogP contribution in [0.25, 0.3) is 0 Å². The van der Waals surface area contributed by atoms with E-state index in [4.69, 9.17) is 4.74 Å². The Bertz CT molecular complexity index is 679. The summed E-state index contributed by atoms with van der Waals surface area (Å²) in [5, 5.41) is 5.29. The molecule has 0 aromatic heterocycles. The van der Waals surface area contributed by atoms with Crippen LogP contribution in [0.3, 0.4) is 0 Å². The number of ether oxygens (including phenoxy) is 1. The van der Waals surface area contributed by atoms with Gasteiger partial charge in [-0.15, -0.1) is 0 Å². The van der Waals surface area contributed by atoms with Crippen molar-refractivity contribution in [3.63, 3.8) is 0 Å². The van der Waals surface area contributed by atoms with Crippen molar-refractivity contribution in [3.8, 4) is 0 Å². The molecule has 2 aliphatic rings. The normalized spacial score (nSPS) is 22.4. The summed E-state index contributed by atoms with van der Waals surface area (Å²) in [5.74, 6) is -0.855. The highest BCUT2D eigenvalue weighted by Gasteiger charge is 2.44. The zero-order valence-corrected chi connectivity index (χ0v) is 13.7. The summed E-state index contributed by atoms with van der Waals surface area (Å²) in [6.45, 7) is 1.59. The lowest BCUT2D eigenvalue weighted by Crippen LogP contribution is -2.52. The smallest absolute Gasteiger partial charge is 0.407 e. The van der Waals surface area contributed by atoms with E-state index < -0.39 is 17.5 Å². The van der Waals surface area contributed by atoms with E-state index in [-0.39, 0.29) is 24.8 Å². The highest BCUT2D eigenvalue weighted by molar-refractivity contribution is 5.94. The Hall–Kier alpha value is -2.64. The number of halogens is 1. The zero-order chi connectivity index (χ0) is 17.9. The molecular formula is C17H20FN3O4. The fraction of sp³-hybridized carbons (Fsp3) is 0.471. The van der Waals surface area contributed by atoms with Gasteiger partial charge < -0.3 is 20.3 Å². The number of likely N-dealkylation sites (tertiary alicyclic amines) is 1. The van der Waals surface area contributed by atoms with Crippen LogP contribution in [0.1, 0.15) is 29.6 Å². The van der Waals surface area contributed by atoms with Crippen molar-refractivity contribution in [2.24, 2.45) is 0 Å². The molecule has 25 heavy (non-hydrogen) atoms. The predicted molar refractivity (Wildman–Crippen MR) is 86.4 cm³/mol. The lowest BCUT2D eigenvalue weighted by molar-refractivity contribution is -0.136. The van der Waals surface area contributed by atoms with Gasteiger partial charge in [0.15, 0.2) is 0 Å². The van der Waals surface area contributed by atoms with Gasteiger partial charge in [-0.05, 0) is 37.1 Å². The molecule has 2 saturated heterocycles. The third-order valence-corrected chi connectivity index (χ3v) is 4.49. The van der Waals surface area contributed by atoms with Crippen LogP contribution in [0.5, 0.6) is 0 Å². The van der Waals surface area contributed by atoms with Gasteiger partial charge in [0.05, 0.1) is 13.1 Å². The minimum Gasteiger partial charge on any atom is -0.439 e. The number of carbonyl (C=O) groups excluding carboxylic acids is 3. The second-order valence-corrected chi connectivity index (χ2v) is 6.36. The third-order valence-electron chi connectivity index (χ3n) is 4.49. The van der Waals surface area contributed by atoms with Crippen molar-refractivity contribution in [2.75, 3.05) is 26.2 Å². The summed E-state index contributed by atoms with van der Waals surface area (Å²) >= 11 is 0. The maximum Gasteiger partial charge on any atom is 0.407 e. The molecule has 0 radical (unpaired) electrons. The van der Waals surface area contributed by atoms with Crippen LogP contribution in [0.15, 0.2) is 24.3 Å². The minimum atomic E-state index is -0.623. The van der Waals surface area contributed by atoms with Gasteiger partial charge in [0.2, 0.25) is 5.91 Å². The number of rotatable bonds is 4. The van der Waals surface area contributed by atoms with Crippen molar-refractivity contribution in [1.29, 1.82) is 0 Å². The summed E-state index contributed by atoms with van der Waals surface area (Å²) < 4.78 is 18.2. The lowest BCUT2D eigenvalue weighted by Gasteiger charge is -2.38. The minimum absolute atomic E-state index is 0.0959. The van der Waals surface area contributed by atoms with E-state index in [1.54, 1.807) is 4.90 Å². The predicted octanol–water partition coefficient (Wildman–Crippen LogP) is 1.05. The summed E-state index contributed by atoms with van der Waals surface area (Å²) in [5.41, 5.74) is -0.280. The lowest BCUT2D eigenvalue weighted by atomic mass is 9.93. The number of carbonyl (C=O) groups is 3. The Labute approximate surface area is 144 Å². The van der Waals surface area contributed by atoms with E-state index in [0.29, 0.717) is 25.2 Å². The first kappa shape index (κ1) is 17.2. The highest BCUT2D eigenvalue weighted by atomic mass is 19.1. The molecule has 1 aromatic rings. The van der Waals surface area contributed by atoms with Gasteiger partial charge in [-0.2, -0.15) is 0 Å². The second kappa shape index (κ2) is 7.08. The van der Waals surface area contributed by atoms with Crippen LogP contribution in [0.2, 0.25) is 0 Å². The highest BCUT2D eigenvalue weighted by Crippen LogP contribution is 2.28. The first-order valence-corrected chi connectivity index (χ1v) is 8.26. The molecule has 7 nitrogen and oxygen atoms in total. The van der Waals surface area contributed by atoms with Crippen LogP contribution in [-0.4, -0.2) is 54.6 Å². The Kier molecular flexibility index (Phi) is 4.87. The standard InChI is InChI=1S/C17H20FN3O4/c18-13-4-2-12(3-5-13)15(23)19-8-6-14(22)21-9-1-7-17(11-21)10-20-16(24)25-17/h2-5H,1,6-11H2,(H,19,23)(H,20,24). The van der Waals surface area contributed by atoms with E-state index in [2.05, 4.69) is 10.6 Å². The molecule has 0 aliphatic carbocycles. The molecule has 1 atom stereocenters. The van der Waals surface area contributed by atoms with Gasteiger partial charge >= 0.3 is 6.09 Å². The number of nitrogens with one attached hydrogen (secondary N) is 2. The monoisotopic (exact) mass is 349 g/mol. The first-order valence-electron chi connectivity index (χ1n) is 8.26. The maximum atomic E-state index is 12.8. The summed E-state index contributed by atoms with van der Waals surface area (Å²) in [7, 11) is 0. The number of alkyl carbamates (subject to hydrolysis) is 1. The SMILES string of the molecule is O=C1NCC2(CCCN(C(=O)CCNC(=O)c3ccc(F)cc3)C2)O1. The molecule has 3 amide bonds. The van der Waals surface area contributed by atoms with Crippen LogP contribution in [-0.2, 0) is 9.53 Å². The molecule has 8 heteroatoms. The number of nitrogens with zero attached hydrogens (tertiary/aromatic N) is 1. The summed E-state index contributed by atoms with van der Waals surface area (Å²) in [4.78, 5) is 37.2. The number of hydrogen-bond donors (Lipinski definition) is 2. The van der Waals surface area contributed by atoms with E-state index in [1.165, 1.54) is 24.3 Å². The van der Waals surface area contributed by atoms with Crippen LogP contribution in [0.4, 0.5) is 9.18 Å². The zero-order valence-electron chi connectivity index (χ0n) is 13.7. The van der Waals surface area contributed by atoms with E-state index in [9.17, 15) is 18.8 Å². The average Bonchev–Trinajstić information content (AvgIpc) is 2.95. The number of piperidine rings is 1. The van der Waals surface area contributed by atoms with Gasteiger partial charge in [0.1, 0.15) is 11.4 Å². The van der Waals surface area contributed by atoms with Gasteiger partial charge in [0.25, 0.3) is 5.91 Å². The maximum absolute atomic E-state index is 12.8. The van der Waals surface area contributed by atoms with E-state index in [0.717, 1.165) is 12.8 Å². The van der Waals surface area contributed by atoms with Crippen LogP contribution in [0, 0.1) is 5.82 Å². The molecule has 2 fully saturated rings. The molecule has 1 unspecified atom stereocenters. The Balaban J connectivity index is 1.46. The molecule has 134 valence electrons. The number of benzene rings is 1. The quantitative estimate of drug-likeness (QED) is 0.850. The molecule has 1 spiro atoms. The molecular weight excluding hydrogens is 329 g/mol. The van der Waals surface area contributed by atoms with Crippen molar-refractivity contribution < 1.29 is 23.5 Å². The van der Waals surface area contributed by atoms with E-state index >= 15 is 0 Å². The molecule has 1 aromatic carbocycles. The van der Waals surface area contributed by atoms with Crippen molar-refractivity contribution >= 4 is 17.9 Å². The number of hydrogen-bond acceptors (Lipinski definition) is 4. The van der Waals surface area contributed by atoms with Gasteiger partial charge in [-0.3, -0.25) is 9.59 Å². The fourth-order valence-corrected chi connectivity index (χ4v) is 3.18. The number of amides is 3. The molecule has 3 rings (SSSR count). The Morgan fingerprint density at radius 1 is 1.32 bits per heavy atom. The first-order chi connectivity index (χ1) is 12.0. The van der Waals surface area contributed by atoms with Crippen LogP contribution < -0.4 is 10.6 Å². The van der Waals surface area contributed by atoms with Crippen molar-refractivity contribution in [3.05, 3.63) is 35.6 Å².